The van der Waals surface area contributed by atoms with Gasteiger partial charge in [-0.05, 0) is 48.3 Å². The number of carbonyl (C=O) groups is 2. The third-order valence-corrected chi connectivity index (χ3v) is 7.78. The van der Waals surface area contributed by atoms with Crippen molar-refractivity contribution in [1.82, 2.24) is 24.3 Å². The number of ether oxygens (including phenoxy) is 2. The third-order valence-electron chi connectivity index (χ3n) is 7.78. The van der Waals surface area contributed by atoms with Crippen LogP contribution in [0.15, 0.2) is 36.8 Å². The summed E-state index contributed by atoms with van der Waals surface area (Å²) in [4.78, 5) is 35.2. The highest BCUT2D eigenvalue weighted by Gasteiger charge is 2.56. The van der Waals surface area contributed by atoms with E-state index in [1.165, 1.54) is 29.4 Å². The Morgan fingerprint density at radius 3 is 2.67 bits per heavy atom. The second-order valence-electron chi connectivity index (χ2n) is 10.6. The maximum absolute atomic E-state index is 13.1. The van der Waals surface area contributed by atoms with Crippen LogP contribution in [-0.2, 0) is 18.4 Å². The Hall–Kier alpha value is -3.32. The number of imidazole rings is 1. The molecule has 0 radical (unpaired) electrons. The summed E-state index contributed by atoms with van der Waals surface area (Å²) in [7, 11) is 1.74. The van der Waals surface area contributed by atoms with E-state index >= 15 is 0 Å². The number of rotatable bonds is 9. The first-order valence-corrected chi connectivity index (χ1v) is 13.0. The minimum atomic E-state index is -4.82. The van der Waals surface area contributed by atoms with Crippen LogP contribution in [0.1, 0.15) is 18.4 Å². The van der Waals surface area contributed by atoms with Gasteiger partial charge in [0.05, 0.1) is 31.7 Å². The zero-order chi connectivity index (χ0) is 27.7. The zero-order valence-electron chi connectivity index (χ0n) is 21.6. The molecule has 212 valence electrons. The van der Waals surface area contributed by atoms with E-state index in [-0.39, 0.29) is 42.6 Å². The Kier molecular flexibility index (Phi) is 7.72. The normalized spacial score (nSPS) is 24.5. The highest BCUT2D eigenvalue weighted by molar-refractivity contribution is 5.79. The number of hydrogen-bond acceptors (Lipinski definition) is 7. The number of nitrogens with zero attached hydrogens (tertiary/aromatic N) is 5. The van der Waals surface area contributed by atoms with Crippen molar-refractivity contribution in [1.29, 1.82) is 0 Å². The molecular formula is C26H32F3N5O5. The molecule has 0 bridgehead atoms. The van der Waals surface area contributed by atoms with Crippen LogP contribution in [0.25, 0.3) is 0 Å². The molecule has 3 fully saturated rings. The van der Waals surface area contributed by atoms with Crippen LogP contribution in [0.3, 0.4) is 0 Å². The first kappa shape index (κ1) is 27.3. The molecule has 13 heteroatoms. The first-order valence-electron chi connectivity index (χ1n) is 13.0. The van der Waals surface area contributed by atoms with Gasteiger partial charge in [0.15, 0.2) is 0 Å². The molecule has 3 atom stereocenters. The van der Waals surface area contributed by atoms with E-state index in [9.17, 15) is 27.9 Å². The number of piperidine rings is 1. The van der Waals surface area contributed by atoms with Gasteiger partial charge in [0.25, 0.3) is 0 Å². The number of likely N-dealkylation sites (tertiary alicyclic amines) is 2. The van der Waals surface area contributed by atoms with E-state index in [2.05, 4.69) is 14.6 Å². The molecular weight excluding hydrogens is 519 g/mol. The number of carbonyl (C=O) groups excluding carboxylic acids is 2. The lowest BCUT2D eigenvalue weighted by molar-refractivity contribution is -0.274. The minimum Gasteiger partial charge on any atom is -0.406 e. The average Bonchev–Trinajstić information content (AvgIpc) is 3.33. The van der Waals surface area contributed by atoms with Crippen molar-refractivity contribution in [3.8, 4) is 11.6 Å². The number of fused-ring (bicyclic) bond motifs is 1. The van der Waals surface area contributed by atoms with Gasteiger partial charge >= 0.3 is 12.5 Å². The van der Waals surface area contributed by atoms with Crippen LogP contribution in [-0.4, -0.2) is 93.1 Å². The molecule has 2 aliphatic heterocycles. The van der Waals surface area contributed by atoms with Gasteiger partial charge < -0.3 is 28.9 Å². The molecule has 10 nitrogen and oxygen atoms in total. The number of amides is 2. The summed E-state index contributed by atoms with van der Waals surface area (Å²) in [6.45, 7) is 2.84. The SMILES string of the molecule is Cn1cnc(OC(=O)N(Cc2cccc(OC(F)(F)F)c2)CC2C3CN(CC(=O)N4CCCC4CO)CC32)c1. The fourth-order valence-corrected chi connectivity index (χ4v) is 5.89. The maximum atomic E-state index is 13.1. The summed E-state index contributed by atoms with van der Waals surface area (Å²) in [5.41, 5.74) is 0.469. The molecule has 3 unspecified atom stereocenters. The van der Waals surface area contributed by atoms with Gasteiger partial charge in [-0.1, -0.05) is 12.1 Å². The van der Waals surface area contributed by atoms with Crippen LogP contribution in [0.4, 0.5) is 18.0 Å². The van der Waals surface area contributed by atoms with Crippen LogP contribution in [0.2, 0.25) is 0 Å². The molecule has 0 spiro atoms. The molecule has 1 aromatic heterocycles. The maximum Gasteiger partial charge on any atom is 0.573 e. The lowest BCUT2D eigenvalue weighted by Gasteiger charge is -2.27. The summed E-state index contributed by atoms with van der Waals surface area (Å²) < 4.78 is 49.2. The molecule has 1 aliphatic carbocycles. The van der Waals surface area contributed by atoms with Crippen molar-refractivity contribution in [2.45, 2.75) is 31.8 Å². The fourth-order valence-electron chi connectivity index (χ4n) is 5.89. The Labute approximate surface area is 223 Å². The first-order chi connectivity index (χ1) is 18.6. The Morgan fingerprint density at radius 2 is 2.00 bits per heavy atom. The Balaban J connectivity index is 1.20. The summed E-state index contributed by atoms with van der Waals surface area (Å²) in [5, 5.41) is 9.51. The van der Waals surface area contributed by atoms with Crippen molar-refractivity contribution in [2.24, 2.45) is 24.8 Å². The van der Waals surface area contributed by atoms with Gasteiger partial charge in [-0.15, -0.1) is 13.2 Å². The molecule has 1 N–H and O–H groups in total. The topological polar surface area (TPSA) is 100 Å². The minimum absolute atomic E-state index is 0.0191. The van der Waals surface area contributed by atoms with Crippen molar-refractivity contribution in [2.75, 3.05) is 39.3 Å². The Bertz CT molecular complexity index is 1180. The van der Waals surface area contributed by atoms with Gasteiger partial charge in [-0.25, -0.2) is 9.78 Å². The van der Waals surface area contributed by atoms with E-state index in [1.54, 1.807) is 28.8 Å². The lowest BCUT2D eigenvalue weighted by Crippen LogP contribution is -2.44. The summed E-state index contributed by atoms with van der Waals surface area (Å²) in [5.74, 6) is 0.629. The predicted molar refractivity (Wildman–Crippen MR) is 131 cm³/mol. The van der Waals surface area contributed by atoms with Crippen molar-refractivity contribution in [3.63, 3.8) is 0 Å². The molecule has 3 heterocycles. The predicted octanol–water partition coefficient (Wildman–Crippen LogP) is 2.48. The number of aliphatic hydroxyl groups is 1. The van der Waals surface area contributed by atoms with Gasteiger partial charge in [0.1, 0.15) is 5.75 Å². The number of alkyl halides is 3. The van der Waals surface area contributed by atoms with Crippen molar-refractivity contribution >= 4 is 12.0 Å². The summed E-state index contributed by atoms with van der Waals surface area (Å²) in [6, 6.07) is 5.44. The van der Waals surface area contributed by atoms with Gasteiger partial charge in [0, 0.05) is 39.8 Å². The van der Waals surface area contributed by atoms with Gasteiger partial charge in [-0.3, -0.25) is 9.69 Å². The largest absolute Gasteiger partial charge is 0.573 e. The quantitative estimate of drug-likeness (QED) is 0.511. The van der Waals surface area contributed by atoms with Crippen LogP contribution in [0.5, 0.6) is 11.6 Å². The summed E-state index contributed by atoms with van der Waals surface area (Å²) >= 11 is 0. The third kappa shape index (κ3) is 6.64. The van der Waals surface area contributed by atoms with E-state index in [0.717, 1.165) is 25.9 Å². The van der Waals surface area contributed by atoms with Gasteiger partial charge in [0.2, 0.25) is 11.8 Å². The van der Waals surface area contributed by atoms with E-state index in [1.807, 2.05) is 0 Å². The number of aryl methyl sites for hydroxylation is 1. The van der Waals surface area contributed by atoms with E-state index < -0.39 is 12.5 Å². The second kappa shape index (κ2) is 11.0. The van der Waals surface area contributed by atoms with Crippen molar-refractivity contribution < 1.29 is 37.3 Å². The number of benzene rings is 1. The van der Waals surface area contributed by atoms with Crippen LogP contribution in [0, 0.1) is 17.8 Å². The molecule has 1 saturated carbocycles. The van der Waals surface area contributed by atoms with Crippen LogP contribution >= 0.6 is 0 Å². The lowest BCUT2D eigenvalue weighted by atomic mass is 10.2. The number of aromatic nitrogens is 2. The van der Waals surface area contributed by atoms with E-state index in [4.69, 9.17) is 4.74 Å². The molecule has 39 heavy (non-hydrogen) atoms. The monoisotopic (exact) mass is 551 g/mol. The highest BCUT2D eigenvalue weighted by Crippen LogP contribution is 2.52. The molecule has 2 saturated heterocycles. The number of aliphatic hydroxyl groups excluding tert-OH is 1. The molecule has 3 aliphatic rings. The van der Waals surface area contributed by atoms with Crippen molar-refractivity contribution in [3.05, 3.63) is 42.4 Å². The summed E-state index contributed by atoms with van der Waals surface area (Å²) in [6.07, 6.45) is -0.682. The fraction of sp³-hybridized carbons (Fsp3) is 0.577. The molecule has 1 aromatic carbocycles. The van der Waals surface area contributed by atoms with E-state index in [0.29, 0.717) is 37.0 Å². The standard InChI is InChI=1S/C26H32F3N5O5/c1-31-13-23(30-16-31)38-25(37)33(9-17-4-2-6-19(8-17)39-26(27,28)29)12-22-20-10-32(11-21(20)22)14-24(36)34-7-3-5-18(34)15-35/h2,4,6,8,13,16,18,20-22,35H,3,5,7,9-12,14-15H2,1H3. The zero-order valence-corrected chi connectivity index (χ0v) is 21.6. The Morgan fingerprint density at radius 1 is 1.23 bits per heavy atom. The molecule has 2 aromatic rings. The molecule has 2 amide bonds. The number of halogens is 3. The smallest absolute Gasteiger partial charge is 0.406 e. The average molecular weight is 552 g/mol. The second-order valence-corrected chi connectivity index (χ2v) is 10.6. The van der Waals surface area contributed by atoms with Gasteiger partial charge in [-0.2, -0.15) is 0 Å². The number of hydrogen-bond donors (Lipinski definition) is 1. The highest BCUT2D eigenvalue weighted by atomic mass is 19.4. The van der Waals surface area contributed by atoms with Crippen LogP contribution < -0.4 is 9.47 Å². The molecule has 5 rings (SSSR count).